The highest BCUT2D eigenvalue weighted by atomic mass is 16.3. The van der Waals surface area contributed by atoms with Gasteiger partial charge in [-0.25, -0.2) is 4.98 Å². The summed E-state index contributed by atoms with van der Waals surface area (Å²) >= 11 is 0. The van der Waals surface area contributed by atoms with Gasteiger partial charge in [-0.15, -0.1) is 0 Å². The van der Waals surface area contributed by atoms with E-state index in [1.165, 1.54) is 0 Å². The molecule has 0 saturated heterocycles. The minimum Gasteiger partial charge on any atom is -0.436 e. The summed E-state index contributed by atoms with van der Waals surface area (Å²) in [6.07, 6.45) is 1.88. The smallest absolute Gasteiger partial charge is 0.231 e. The summed E-state index contributed by atoms with van der Waals surface area (Å²) in [6, 6.07) is 30.9. The van der Waals surface area contributed by atoms with Crippen molar-refractivity contribution in [2.45, 2.75) is 0 Å². The number of ketones is 1. The van der Waals surface area contributed by atoms with Crippen molar-refractivity contribution in [3.05, 3.63) is 114 Å². The highest BCUT2D eigenvalue weighted by molar-refractivity contribution is 6.32. The van der Waals surface area contributed by atoms with Crippen molar-refractivity contribution in [1.82, 2.24) is 4.98 Å². The maximum absolute atomic E-state index is 13.4. The van der Waals surface area contributed by atoms with Crippen LogP contribution in [-0.2, 0) is 0 Å². The third-order valence-electron chi connectivity index (χ3n) is 4.93. The number of hydrogen-bond acceptors (Lipinski definition) is 3. The van der Waals surface area contributed by atoms with Gasteiger partial charge >= 0.3 is 0 Å². The van der Waals surface area contributed by atoms with Crippen LogP contribution in [0.4, 0.5) is 0 Å². The molecule has 3 heteroatoms. The van der Waals surface area contributed by atoms with Crippen LogP contribution < -0.4 is 0 Å². The van der Waals surface area contributed by atoms with Gasteiger partial charge in [-0.2, -0.15) is 0 Å². The van der Waals surface area contributed by atoms with Crippen LogP contribution in [0.2, 0.25) is 0 Å². The Balaban J connectivity index is 1.73. The van der Waals surface area contributed by atoms with E-state index in [1.807, 2.05) is 84.9 Å². The summed E-state index contributed by atoms with van der Waals surface area (Å²) in [7, 11) is 0. The van der Waals surface area contributed by atoms with Gasteiger partial charge in [-0.05, 0) is 34.5 Å². The zero-order valence-electron chi connectivity index (χ0n) is 15.6. The Bertz CT molecular complexity index is 1330. The Hall–Kier alpha value is -3.98. The molecule has 0 aliphatic rings. The fourth-order valence-corrected chi connectivity index (χ4v) is 3.49. The van der Waals surface area contributed by atoms with Gasteiger partial charge in [0.1, 0.15) is 5.52 Å². The summed E-state index contributed by atoms with van der Waals surface area (Å²) in [5.74, 6) is 0.207. The van der Waals surface area contributed by atoms with Crippen molar-refractivity contribution in [2.75, 3.05) is 0 Å². The van der Waals surface area contributed by atoms with Crippen LogP contribution in [0.1, 0.15) is 21.8 Å². The number of rotatable bonds is 4. The number of para-hydroxylation sites is 2. The molecule has 5 aromatic rings. The minimum absolute atomic E-state index is 0.120. The largest absolute Gasteiger partial charge is 0.436 e. The molecule has 5 rings (SSSR count). The van der Waals surface area contributed by atoms with Gasteiger partial charge in [0.15, 0.2) is 11.4 Å². The van der Waals surface area contributed by atoms with Crippen LogP contribution in [0.3, 0.4) is 0 Å². The zero-order valence-corrected chi connectivity index (χ0v) is 15.6. The number of hydrogen-bond donors (Lipinski definition) is 0. The lowest BCUT2D eigenvalue weighted by atomic mass is 9.98. The van der Waals surface area contributed by atoms with Crippen molar-refractivity contribution in [3.63, 3.8) is 0 Å². The molecule has 0 fully saturated rings. The monoisotopic (exact) mass is 375 g/mol. The number of oxazole rings is 1. The summed E-state index contributed by atoms with van der Waals surface area (Å²) in [6.45, 7) is 0. The van der Waals surface area contributed by atoms with Crippen molar-refractivity contribution >= 4 is 39.3 Å². The van der Waals surface area contributed by atoms with E-state index in [4.69, 9.17) is 4.42 Å². The fraction of sp³-hybridized carbons (Fsp3) is 0. The third kappa shape index (κ3) is 3.23. The Morgan fingerprint density at radius 2 is 1.48 bits per heavy atom. The van der Waals surface area contributed by atoms with Gasteiger partial charge in [0.2, 0.25) is 5.89 Å². The van der Waals surface area contributed by atoms with E-state index in [2.05, 4.69) is 23.2 Å². The quantitative estimate of drug-likeness (QED) is 0.269. The Labute approximate surface area is 167 Å². The molecule has 138 valence electrons. The first-order valence-corrected chi connectivity index (χ1v) is 9.45. The predicted octanol–water partition coefficient (Wildman–Crippen LogP) is 6.40. The summed E-state index contributed by atoms with van der Waals surface area (Å²) in [4.78, 5) is 18.0. The fourth-order valence-electron chi connectivity index (χ4n) is 3.49. The molecule has 1 aromatic heterocycles. The number of carbonyl (C=O) groups is 1. The molecule has 0 spiro atoms. The second kappa shape index (κ2) is 7.21. The van der Waals surface area contributed by atoms with E-state index in [0.29, 0.717) is 22.6 Å². The molecule has 3 nitrogen and oxygen atoms in total. The van der Waals surface area contributed by atoms with Crippen molar-refractivity contribution in [1.29, 1.82) is 0 Å². The third-order valence-corrected chi connectivity index (χ3v) is 4.93. The summed E-state index contributed by atoms with van der Waals surface area (Å²) in [5.41, 5.74) is 3.37. The SMILES string of the molecule is O=C(/C(=C\c1cccc2ccccc12)c1nc2ccccc2o1)c1ccccc1. The van der Waals surface area contributed by atoms with Crippen molar-refractivity contribution < 1.29 is 9.21 Å². The lowest BCUT2D eigenvalue weighted by Crippen LogP contribution is -2.03. The van der Waals surface area contributed by atoms with Crippen LogP contribution in [-0.4, -0.2) is 10.8 Å². The van der Waals surface area contributed by atoms with Crippen molar-refractivity contribution in [3.8, 4) is 0 Å². The number of aromatic nitrogens is 1. The van der Waals surface area contributed by atoms with Gasteiger partial charge in [-0.1, -0.05) is 84.9 Å². The van der Waals surface area contributed by atoms with Crippen LogP contribution in [0.15, 0.2) is 101 Å². The Morgan fingerprint density at radius 3 is 2.34 bits per heavy atom. The van der Waals surface area contributed by atoms with Crippen LogP contribution in [0.25, 0.3) is 33.5 Å². The second-order valence-electron chi connectivity index (χ2n) is 6.81. The number of benzene rings is 4. The van der Waals surface area contributed by atoms with Gasteiger partial charge in [0, 0.05) is 5.56 Å². The van der Waals surface area contributed by atoms with Crippen LogP contribution >= 0.6 is 0 Å². The van der Waals surface area contributed by atoms with Gasteiger partial charge in [0.25, 0.3) is 0 Å². The normalized spacial score (nSPS) is 11.8. The van der Waals surface area contributed by atoms with E-state index in [9.17, 15) is 4.79 Å². The van der Waals surface area contributed by atoms with E-state index in [-0.39, 0.29) is 5.78 Å². The number of allylic oxidation sites excluding steroid dienone is 1. The maximum Gasteiger partial charge on any atom is 0.231 e. The topological polar surface area (TPSA) is 43.1 Å². The van der Waals surface area contributed by atoms with Crippen molar-refractivity contribution in [2.24, 2.45) is 0 Å². The van der Waals surface area contributed by atoms with E-state index < -0.39 is 0 Å². The lowest BCUT2D eigenvalue weighted by Gasteiger charge is -2.06. The summed E-state index contributed by atoms with van der Waals surface area (Å²) < 4.78 is 5.96. The van der Waals surface area contributed by atoms with E-state index in [0.717, 1.165) is 21.9 Å². The molecule has 0 saturated carbocycles. The first-order chi connectivity index (χ1) is 14.3. The Kier molecular flexibility index (Phi) is 4.26. The van der Waals surface area contributed by atoms with Gasteiger partial charge in [0.05, 0.1) is 5.57 Å². The average Bonchev–Trinajstić information content (AvgIpc) is 3.21. The number of carbonyl (C=O) groups excluding carboxylic acids is 1. The maximum atomic E-state index is 13.4. The number of nitrogens with zero attached hydrogens (tertiary/aromatic N) is 1. The number of fused-ring (bicyclic) bond motifs is 2. The molecule has 0 unspecified atom stereocenters. The van der Waals surface area contributed by atoms with Gasteiger partial charge < -0.3 is 4.42 Å². The molecule has 4 aromatic carbocycles. The molecule has 29 heavy (non-hydrogen) atoms. The molecule has 0 N–H and O–H groups in total. The molecular weight excluding hydrogens is 358 g/mol. The standard InChI is InChI=1S/C26H17NO2/c28-25(19-10-2-1-3-11-19)22(26-27-23-15-6-7-16-24(23)29-26)17-20-13-8-12-18-9-4-5-14-21(18)20/h1-17H/b22-17+. The van der Waals surface area contributed by atoms with E-state index >= 15 is 0 Å². The Morgan fingerprint density at radius 1 is 0.759 bits per heavy atom. The predicted molar refractivity (Wildman–Crippen MR) is 117 cm³/mol. The summed E-state index contributed by atoms with van der Waals surface area (Å²) in [5, 5.41) is 2.19. The van der Waals surface area contributed by atoms with Gasteiger partial charge in [-0.3, -0.25) is 4.79 Å². The first-order valence-electron chi connectivity index (χ1n) is 9.45. The average molecular weight is 375 g/mol. The van der Waals surface area contributed by atoms with Crippen LogP contribution in [0.5, 0.6) is 0 Å². The lowest BCUT2D eigenvalue weighted by molar-refractivity contribution is 0.105. The molecular formula is C26H17NO2. The molecule has 0 aliphatic carbocycles. The van der Waals surface area contributed by atoms with E-state index in [1.54, 1.807) is 0 Å². The minimum atomic E-state index is -0.120. The highest BCUT2D eigenvalue weighted by Crippen LogP contribution is 2.28. The molecule has 1 heterocycles. The number of Topliss-reactive ketones (excluding diaryl/α,β-unsaturated/α-hetero) is 1. The van der Waals surface area contributed by atoms with Crippen LogP contribution in [0, 0.1) is 0 Å². The molecule has 0 aliphatic heterocycles. The molecule has 0 bridgehead atoms. The second-order valence-corrected chi connectivity index (χ2v) is 6.81. The molecule has 0 amide bonds. The first kappa shape index (κ1) is 17.1. The molecule has 0 atom stereocenters. The molecule has 0 radical (unpaired) electrons. The highest BCUT2D eigenvalue weighted by Gasteiger charge is 2.20. The zero-order chi connectivity index (χ0) is 19.6.